The highest BCUT2D eigenvalue weighted by Crippen LogP contribution is 2.29. The Morgan fingerprint density at radius 3 is 2.21 bits per heavy atom. The maximum absolute atomic E-state index is 3.35. The van der Waals surface area contributed by atoms with E-state index < -0.39 is 0 Å². The van der Waals surface area contributed by atoms with Crippen molar-refractivity contribution in [3.05, 3.63) is 0 Å². The summed E-state index contributed by atoms with van der Waals surface area (Å²) in [5, 5.41) is 3.35. The number of rotatable bonds is 4. The Morgan fingerprint density at radius 2 is 1.86 bits per heavy atom. The van der Waals surface area contributed by atoms with Crippen molar-refractivity contribution in [2.45, 2.75) is 46.1 Å². The maximum atomic E-state index is 3.35. The predicted octanol–water partition coefficient (Wildman–Crippen LogP) is 2.11. The second kappa shape index (κ2) is 5.13. The minimum atomic E-state index is 0.614. The molecular weight excluding hydrogens is 172 g/mol. The third-order valence-corrected chi connectivity index (χ3v) is 3.34. The second-order valence-electron chi connectivity index (χ2n) is 4.88. The minimum absolute atomic E-state index is 0.614. The van der Waals surface area contributed by atoms with Gasteiger partial charge in [0.15, 0.2) is 0 Å². The molecule has 1 aliphatic heterocycles. The number of hydrogen-bond donors (Lipinski definition) is 1. The lowest BCUT2D eigenvalue weighted by Crippen LogP contribution is -2.52. The van der Waals surface area contributed by atoms with Crippen molar-refractivity contribution in [2.24, 2.45) is 5.41 Å². The van der Waals surface area contributed by atoms with Gasteiger partial charge in [-0.1, -0.05) is 20.8 Å². The van der Waals surface area contributed by atoms with Gasteiger partial charge in [-0.05, 0) is 38.3 Å². The van der Waals surface area contributed by atoms with Crippen LogP contribution in [0.15, 0.2) is 0 Å². The zero-order chi connectivity index (χ0) is 10.6. The highest BCUT2D eigenvalue weighted by Gasteiger charge is 2.33. The summed E-state index contributed by atoms with van der Waals surface area (Å²) in [5.41, 5.74) is 0.614. The molecule has 0 aromatic carbocycles. The Balaban J connectivity index is 0.000000461. The van der Waals surface area contributed by atoms with Gasteiger partial charge in [-0.3, -0.25) is 0 Å². The largest absolute Gasteiger partial charge is 0.316 e. The zero-order valence-electron chi connectivity index (χ0n) is 10.3. The standard InChI is InChI=1S/C10H20N2.C2H6/c1-10(7-11-8-10)5-6-12(2)9-3-4-9;1-2/h9,11H,3-8H2,1-2H3;1-2H3. The molecule has 2 aliphatic rings. The molecule has 0 radical (unpaired) electrons. The van der Waals surface area contributed by atoms with Crippen LogP contribution in [0.2, 0.25) is 0 Å². The van der Waals surface area contributed by atoms with Crippen molar-refractivity contribution in [2.75, 3.05) is 26.7 Å². The van der Waals surface area contributed by atoms with Crippen LogP contribution in [-0.4, -0.2) is 37.6 Å². The molecule has 2 nitrogen and oxygen atoms in total. The van der Waals surface area contributed by atoms with E-state index in [4.69, 9.17) is 0 Å². The van der Waals surface area contributed by atoms with Gasteiger partial charge in [-0.15, -0.1) is 0 Å². The van der Waals surface area contributed by atoms with E-state index in [1.165, 1.54) is 38.9 Å². The van der Waals surface area contributed by atoms with E-state index in [1.807, 2.05) is 13.8 Å². The molecule has 0 bridgehead atoms. The van der Waals surface area contributed by atoms with Gasteiger partial charge in [0.25, 0.3) is 0 Å². The molecule has 0 unspecified atom stereocenters. The van der Waals surface area contributed by atoms with Gasteiger partial charge in [0.1, 0.15) is 0 Å². The van der Waals surface area contributed by atoms with Crippen LogP contribution in [0.4, 0.5) is 0 Å². The summed E-state index contributed by atoms with van der Waals surface area (Å²) in [7, 11) is 2.27. The molecule has 1 saturated heterocycles. The highest BCUT2D eigenvalue weighted by atomic mass is 15.2. The van der Waals surface area contributed by atoms with Crippen LogP contribution in [0.25, 0.3) is 0 Å². The Morgan fingerprint density at radius 1 is 1.29 bits per heavy atom. The minimum Gasteiger partial charge on any atom is -0.316 e. The van der Waals surface area contributed by atoms with Gasteiger partial charge in [-0.2, -0.15) is 0 Å². The number of hydrogen-bond acceptors (Lipinski definition) is 2. The first kappa shape index (κ1) is 12.0. The topological polar surface area (TPSA) is 15.3 Å². The van der Waals surface area contributed by atoms with Crippen molar-refractivity contribution in [3.8, 4) is 0 Å². The van der Waals surface area contributed by atoms with Gasteiger partial charge in [0, 0.05) is 19.1 Å². The molecule has 2 rings (SSSR count). The fourth-order valence-corrected chi connectivity index (χ4v) is 1.87. The number of nitrogens with one attached hydrogen (secondary N) is 1. The molecular formula is C12H26N2. The molecule has 2 heteroatoms. The van der Waals surface area contributed by atoms with Crippen molar-refractivity contribution in [1.82, 2.24) is 10.2 Å². The summed E-state index contributed by atoms with van der Waals surface area (Å²) >= 11 is 0. The summed E-state index contributed by atoms with van der Waals surface area (Å²) < 4.78 is 0. The van der Waals surface area contributed by atoms with Crippen LogP contribution < -0.4 is 5.32 Å². The summed E-state index contributed by atoms with van der Waals surface area (Å²) in [6, 6.07) is 0.932. The Hall–Kier alpha value is -0.0800. The predicted molar refractivity (Wildman–Crippen MR) is 62.6 cm³/mol. The quantitative estimate of drug-likeness (QED) is 0.744. The van der Waals surface area contributed by atoms with Gasteiger partial charge >= 0.3 is 0 Å². The van der Waals surface area contributed by atoms with E-state index >= 15 is 0 Å². The first-order valence-corrected chi connectivity index (χ1v) is 6.11. The molecule has 2 fully saturated rings. The molecule has 1 N–H and O–H groups in total. The summed E-state index contributed by atoms with van der Waals surface area (Å²) in [4.78, 5) is 2.53. The van der Waals surface area contributed by atoms with Crippen molar-refractivity contribution < 1.29 is 0 Å². The smallest absolute Gasteiger partial charge is 0.00933 e. The normalized spacial score (nSPS) is 23.8. The monoisotopic (exact) mass is 198 g/mol. The fourth-order valence-electron chi connectivity index (χ4n) is 1.87. The average Bonchev–Trinajstić information content (AvgIpc) is 2.97. The third-order valence-electron chi connectivity index (χ3n) is 3.34. The van der Waals surface area contributed by atoms with E-state index in [0.717, 1.165) is 6.04 Å². The molecule has 0 spiro atoms. The Labute approximate surface area is 89.1 Å². The van der Waals surface area contributed by atoms with Crippen molar-refractivity contribution in [3.63, 3.8) is 0 Å². The van der Waals surface area contributed by atoms with Crippen LogP contribution in [0.5, 0.6) is 0 Å². The highest BCUT2D eigenvalue weighted by molar-refractivity contribution is 4.90. The maximum Gasteiger partial charge on any atom is 0.00933 e. The van der Waals surface area contributed by atoms with Crippen LogP contribution in [-0.2, 0) is 0 Å². The van der Waals surface area contributed by atoms with Crippen LogP contribution >= 0.6 is 0 Å². The van der Waals surface area contributed by atoms with Gasteiger partial charge in [0.2, 0.25) is 0 Å². The van der Waals surface area contributed by atoms with Gasteiger partial charge in [-0.25, -0.2) is 0 Å². The lowest BCUT2D eigenvalue weighted by atomic mass is 9.81. The van der Waals surface area contributed by atoms with Gasteiger partial charge < -0.3 is 10.2 Å². The molecule has 0 atom stereocenters. The van der Waals surface area contributed by atoms with E-state index in [1.54, 1.807) is 0 Å². The summed E-state index contributed by atoms with van der Waals surface area (Å²) in [6.45, 7) is 10.1. The van der Waals surface area contributed by atoms with Crippen LogP contribution in [0.1, 0.15) is 40.0 Å². The van der Waals surface area contributed by atoms with E-state index in [9.17, 15) is 0 Å². The molecule has 0 amide bonds. The van der Waals surface area contributed by atoms with Crippen molar-refractivity contribution >= 4 is 0 Å². The molecule has 14 heavy (non-hydrogen) atoms. The van der Waals surface area contributed by atoms with Crippen LogP contribution in [0.3, 0.4) is 0 Å². The lowest BCUT2D eigenvalue weighted by molar-refractivity contribution is 0.151. The van der Waals surface area contributed by atoms with E-state index in [-0.39, 0.29) is 0 Å². The summed E-state index contributed by atoms with van der Waals surface area (Å²) in [5.74, 6) is 0. The second-order valence-corrected chi connectivity index (χ2v) is 4.88. The molecule has 0 aromatic heterocycles. The summed E-state index contributed by atoms with van der Waals surface area (Å²) in [6.07, 6.45) is 4.24. The fraction of sp³-hybridized carbons (Fsp3) is 1.00. The number of nitrogens with zero attached hydrogens (tertiary/aromatic N) is 1. The molecule has 84 valence electrons. The lowest BCUT2D eigenvalue weighted by Gasteiger charge is -2.40. The van der Waals surface area contributed by atoms with E-state index in [2.05, 4.69) is 24.2 Å². The van der Waals surface area contributed by atoms with Gasteiger partial charge in [0.05, 0.1) is 0 Å². The SMILES string of the molecule is CC.CN(CCC1(C)CNC1)C1CC1. The Kier molecular flexibility index (Phi) is 4.39. The Bertz CT molecular complexity index is 160. The van der Waals surface area contributed by atoms with Crippen LogP contribution in [0, 0.1) is 5.41 Å². The molecule has 0 aromatic rings. The molecule has 1 heterocycles. The zero-order valence-corrected chi connectivity index (χ0v) is 10.3. The average molecular weight is 198 g/mol. The first-order chi connectivity index (χ1) is 6.70. The van der Waals surface area contributed by atoms with Crippen molar-refractivity contribution in [1.29, 1.82) is 0 Å². The van der Waals surface area contributed by atoms with E-state index in [0.29, 0.717) is 5.41 Å². The first-order valence-electron chi connectivity index (χ1n) is 6.11. The molecule has 1 aliphatic carbocycles. The molecule has 1 saturated carbocycles. The third kappa shape index (κ3) is 3.25.